The van der Waals surface area contributed by atoms with Crippen LogP contribution in [0.2, 0.25) is 0 Å². The summed E-state index contributed by atoms with van der Waals surface area (Å²) in [5.41, 5.74) is -2.32. The molecule has 0 amide bonds. The summed E-state index contributed by atoms with van der Waals surface area (Å²) < 4.78 is 81.3. The van der Waals surface area contributed by atoms with Crippen LogP contribution in [0, 0.1) is 0 Å². The second-order valence-corrected chi connectivity index (χ2v) is 4.66. The van der Waals surface area contributed by atoms with E-state index in [1.165, 1.54) is 12.1 Å². The Morgan fingerprint density at radius 2 is 1.52 bits per heavy atom. The molecule has 2 nitrogen and oxygen atoms in total. The van der Waals surface area contributed by atoms with Gasteiger partial charge in [-0.05, 0) is 18.2 Å². The molecule has 23 heavy (non-hydrogen) atoms. The number of phenolic OH excluding ortho intramolecular Hbond substituents is 1. The standard InChI is InChI=1S/C15H10F6O2/c16-14(17,18)10-5-11(22)7-12(6-10)23-8-9-3-1-2-4-13(9)15(19,20)21/h1-7,22H,8H2. The molecule has 2 aromatic rings. The van der Waals surface area contributed by atoms with Crippen LogP contribution in [0.4, 0.5) is 26.3 Å². The van der Waals surface area contributed by atoms with Crippen LogP contribution in [0.15, 0.2) is 42.5 Å². The molecule has 1 N–H and O–H groups in total. The molecule has 0 fully saturated rings. The summed E-state index contributed by atoms with van der Waals surface area (Å²) in [5, 5.41) is 9.28. The zero-order valence-corrected chi connectivity index (χ0v) is 11.4. The van der Waals surface area contributed by atoms with Crippen LogP contribution in [0.25, 0.3) is 0 Å². The van der Waals surface area contributed by atoms with Gasteiger partial charge in [-0.3, -0.25) is 0 Å². The maximum atomic E-state index is 12.8. The number of ether oxygens (including phenoxy) is 1. The van der Waals surface area contributed by atoms with Crippen LogP contribution in [-0.4, -0.2) is 5.11 Å². The van der Waals surface area contributed by atoms with Crippen molar-refractivity contribution in [3.8, 4) is 11.5 Å². The van der Waals surface area contributed by atoms with Gasteiger partial charge in [0.2, 0.25) is 0 Å². The minimum Gasteiger partial charge on any atom is -0.508 e. The number of aromatic hydroxyl groups is 1. The van der Waals surface area contributed by atoms with Crippen molar-refractivity contribution in [2.24, 2.45) is 0 Å². The summed E-state index contributed by atoms with van der Waals surface area (Å²) in [6, 6.07) is 6.57. The van der Waals surface area contributed by atoms with Gasteiger partial charge in [-0.15, -0.1) is 0 Å². The van der Waals surface area contributed by atoms with E-state index in [4.69, 9.17) is 4.74 Å². The van der Waals surface area contributed by atoms with Crippen molar-refractivity contribution in [3.05, 3.63) is 59.2 Å². The highest BCUT2D eigenvalue weighted by Gasteiger charge is 2.33. The van der Waals surface area contributed by atoms with Crippen LogP contribution in [0.1, 0.15) is 16.7 Å². The van der Waals surface area contributed by atoms with E-state index in [9.17, 15) is 31.4 Å². The quantitative estimate of drug-likeness (QED) is 0.799. The van der Waals surface area contributed by atoms with Crippen molar-refractivity contribution in [2.45, 2.75) is 19.0 Å². The average Bonchev–Trinajstić information content (AvgIpc) is 2.43. The molecule has 0 saturated carbocycles. The van der Waals surface area contributed by atoms with Crippen LogP contribution < -0.4 is 4.74 Å². The summed E-state index contributed by atoms with van der Waals surface area (Å²) in [6.07, 6.45) is -9.31. The molecule has 124 valence electrons. The average molecular weight is 336 g/mol. The third-order valence-corrected chi connectivity index (χ3v) is 2.94. The molecular weight excluding hydrogens is 326 g/mol. The van der Waals surface area contributed by atoms with Crippen molar-refractivity contribution in [1.82, 2.24) is 0 Å². The molecule has 0 atom stereocenters. The molecule has 0 spiro atoms. The van der Waals surface area contributed by atoms with E-state index in [0.29, 0.717) is 12.1 Å². The second kappa shape index (κ2) is 6.02. The number of rotatable bonds is 3. The Morgan fingerprint density at radius 1 is 0.870 bits per heavy atom. The summed E-state index contributed by atoms with van der Waals surface area (Å²) >= 11 is 0. The lowest BCUT2D eigenvalue weighted by Gasteiger charge is -2.14. The SMILES string of the molecule is Oc1cc(OCc2ccccc2C(F)(F)F)cc(C(F)(F)F)c1. The van der Waals surface area contributed by atoms with Gasteiger partial charge in [0.25, 0.3) is 0 Å². The Hall–Kier alpha value is -2.38. The van der Waals surface area contributed by atoms with E-state index in [-0.39, 0.29) is 11.3 Å². The van der Waals surface area contributed by atoms with E-state index in [0.717, 1.165) is 18.2 Å². The molecular formula is C15H10F6O2. The van der Waals surface area contributed by atoms with E-state index in [1.807, 2.05) is 0 Å². The molecule has 0 aliphatic carbocycles. The molecule has 2 aromatic carbocycles. The van der Waals surface area contributed by atoms with Crippen LogP contribution >= 0.6 is 0 Å². The van der Waals surface area contributed by atoms with E-state index < -0.39 is 35.8 Å². The Kier molecular flexibility index (Phi) is 4.44. The number of benzene rings is 2. The van der Waals surface area contributed by atoms with Gasteiger partial charge in [0.1, 0.15) is 18.1 Å². The maximum absolute atomic E-state index is 12.8. The highest BCUT2D eigenvalue weighted by molar-refractivity contribution is 5.39. The predicted molar refractivity (Wildman–Crippen MR) is 68.9 cm³/mol. The van der Waals surface area contributed by atoms with Gasteiger partial charge in [0.15, 0.2) is 0 Å². The fourth-order valence-corrected chi connectivity index (χ4v) is 1.91. The highest BCUT2D eigenvalue weighted by Crippen LogP contribution is 2.35. The van der Waals surface area contributed by atoms with Crippen molar-refractivity contribution in [1.29, 1.82) is 0 Å². The number of phenols is 1. The van der Waals surface area contributed by atoms with Gasteiger partial charge in [-0.2, -0.15) is 26.3 Å². The largest absolute Gasteiger partial charge is 0.508 e. The summed E-state index contributed by atoms with van der Waals surface area (Å²) in [7, 11) is 0. The molecule has 0 radical (unpaired) electrons. The van der Waals surface area contributed by atoms with Gasteiger partial charge in [-0.25, -0.2) is 0 Å². The second-order valence-electron chi connectivity index (χ2n) is 4.66. The number of halogens is 6. The molecule has 8 heteroatoms. The third kappa shape index (κ3) is 4.30. The van der Waals surface area contributed by atoms with Crippen LogP contribution in [0.3, 0.4) is 0 Å². The molecule has 0 aromatic heterocycles. The van der Waals surface area contributed by atoms with Gasteiger partial charge in [-0.1, -0.05) is 18.2 Å². The Bertz CT molecular complexity index is 691. The van der Waals surface area contributed by atoms with Crippen molar-refractivity contribution in [2.75, 3.05) is 0 Å². The maximum Gasteiger partial charge on any atom is 0.416 e. The van der Waals surface area contributed by atoms with Crippen LogP contribution in [-0.2, 0) is 19.0 Å². The number of alkyl halides is 6. The third-order valence-electron chi connectivity index (χ3n) is 2.94. The first-order valence-corrected chi connectivity index (χ1v) is 6.26. The van der Waals surface area contributed by atoms with Gasteiger partial charge < -0.3 is 9.84 Å². The van der Waals surface area contributed by atoms with Gasteiger partial charge in [0.05, 0.1) is 11.1 Å². The first kappa shape index (κ1) is 17.0. The number of hydrogen-bond donors (Lipinski definition) is 1. The molecule has 0 heterocycles. The van der Waals surface area contributed by atoms with Crippen LogP contribution in [0.5, 0.6) is 11.5 Å². The van der Waals surface area contributed by atoms with Gasteiger partial charge >= 0.3 is 12.4 Å². The molecule has 2 rings (SSSR count). The lowest BCUT2D eigenvalue weighted by atomic mass is 10.1. The smallest absolute Gasteiger partial charge is 0.416 e. The van der Waals surface area contributed by atoms with E-state index >= 15 is 0 Å². The van der Waals surface area contributed by atoms with E-state index in [1.54, 1.807) is 0 Å². The Balaban J connectivity index is 2.24. The first-order valence-electron chi connectivity index (χ1n) is 6.26. The number of hydrogen-bond acceptors (Lipinski definition) is 2. The Morgan fingerprint density at radius 3 is 2.13 bits per heavy atom. The van der Waals surface area contributed by atoms with Gasteiger partial charge in [0, 0.05) is 11.6 Å². The lowest BCUT2D eigenvalue weighted by Crippen LogP contribution is -2.11. The van der Waals surface area contributed by atoms with E-state index in [2.05, 4.69) is 0 Å². The predicted octanol–water partition coefficient (Wildman–Crippen LogP) is 5.01. The summed E-state index contributed by atoms with van der Waals surface area (Å²) in [6.45, 7) is -0.587. The topological polar surface area (TPSA) is 29.5 Å². The zero-order chi connectivity index (χ0) is 17.3. The van der Waals surface area contributed by atoms with Crippen molar-refractivity contribution >= 4 is 0 Å². The minimum atomic E-state index is -4.71. The fourth-order valence-electron chi connectivity index (χ4n) is 1.91. The fraction of sp³-hybridized carbons (Fsp3) is 0.200. The minimum absolute atomic E-state index is 0.225. The lowest BCUT2D eigenvalue weighted by molar-refractivity contribution is -0.138. The molecule has 0 aliphatic heterocycles. The summed E-state index contributed by atoms with van der Waals surface area (Å²) in [4.78, 5) is 0. The van der Waals surface area contributed by atoms with Crippen molar-refractivity contribution < 1.29 is 36.2 Å². The summed E-state index contributed by atoms with van der Waals surface area (Å²) in [5.74, 6) is -1.08. The highest BCUT2D eigenvalue weighted by atomic mass is 19.4. The van der Waals surface area contributed by atoms with Crippen molar-refractivity contribution in [3.63, 3.8) is 0 Å². The normalized spacial score (nSPS) is 12.3. The molecule has 0 saturated heterocycles. The molecule has 0 bridgehead atoms. The first-order chi connectivity index (χ1) is 10.6. The monoisotopic (exact) mass is 336 g/mol. The molecule has 0 unspecified atom stereocenters. The molecule has 0 aliphatic rings. The Labute approximate surface area is 126 Å². The zero-order valence-electron chi connectivity index (χ0n) is 11.4.